The van der Waals surface area contributed by atoms with Crippen molar-refractivity contribution in [1.29, 1.82) is 0 Å². The van der Waals surface area contributed by atoms with Crippen LogP contribution in [0.3, 0.4) is 0 Å². The molecule has 8 rings (SSSR count). The van der Waals surface area contributed by atoms with Crippen molar-refractivity contribution in [3.8, 4) is 16.2 Å². The van der Waals surface area contributed by atoms with E-state index in [1.165, 1.54) is 10.4 Å². The van der Waals surface area contributed by atoms with Crippen LogP contribution in [0.1, 0.15) is 93.0 Å². The van der Waals surface area contributed by atoms with Gasteiger partial charge in [-0.05, 0) is 79.6 Å². The van der Waals surface area contributed by atoms with Crippen LogP contribution in [-0.2, 0) is 48.0 Å². The molecule has 2 aromatic heterocycles. The van der Waals surface area contributed by atoms with E-state index in [1.807, 2.05) is 6.07 Å². The lowest BCUT2D eigenvalue weighted by molar-refractivity contribution is -0.139. The van der Waals surface area contributed by atoms with Gasteiger partial charge < -0.3 is 30.9 Å². The number of rotatable bonds is 21. The first-order valence-corrected chi connectivity index (χ1v) is 25.5. The van der Waals surface area contributed by atoms with Crippen molar-refractivity contribution < 1.29 is 56.9 Å². The predicted octanol–water partition coefficient (Wildman–Crippen LogP) is 5.44. The SMILES string of the molecule is O=C(O)COc1c(C(=O)O)sc(-c2cccc(NC3CCN(S(=O)(=O)Cc4cccc(NC(=O)CCCCCn5cc(CNc6cccc7c6C(=O)N(C6CCC(=O)NC6=O)C7=O)nn5)c4)CC3)c2)c1Cl. The number of amides is 5. The lowest BCUT2D eigenvalue weighted by Gasteiger charge is -2.32. The van der Waals surface area contributed by atoms with Crippen molar-refractivity contribution in [2.45, 2.75) is 82.3 Å². The second-order valence-corrected chi connectivity index (χ2v) is 20.5. The molecular weight excluding hydrogens is 982 g/mol. The number of carboxylic acid groups (broad SMARTS) is 2. The molecule has 0 radical (unpaired) electrons. The van der Waals surface area contributed by atoms with E-state index in [9.17, 15) is 47.1 Å². The standard InChI is InChI=1S/C47H48ClN9O12S2/c48-40-41(69-25-38(60)61)43(47(65)66)70-42(40)28-8-5-10-31(22-28)50-29-16-19-56(20-17-29)71(67,68)26-27-7-4-9-30(21-27)51-36(58)13-2-1-3-18-55-24-32(53-54-55)23-49-34-12-6-11-33-39(34)46(64)57(45(33)63)35-14-15-37(59)52-44(35)62/h4-12,21-22,24,29,35,49-50H,1-3,13-20,23,25-26H2,(H,51,58)(H,60,61)(H,65,66)(H,52,59,62). The van der Waals surface area contributed by atoms with Crippen LogP contribution in [0.5, 0.6) is 5.75 Å². The topological polar surface area (TPSA) is 289 Å². The lowest BCUT2D eigenvalue weighted by atomic mass is 10.0. The van der Waals surface area contributed by atoms with E-state index in [1.54, 1.807) is 65.5 Å². The molecule has 372 valence electrons. The Morgan fingerprint density at radius 3 is 2.44 bits per heavy atom. The number of aromatic carboxylic acids is 1. The van der Waals surface area contributed by atoms with E-state index in [0.29, 0.717) is 71.0 Å². The number of aryl methyl sites for hydroxylation is 1. The first kappa shape index (κ1) is 50.2. The fourth-order valence-corrected chi connectivity index (χ4v) is 11.6. The van der Waals surface area contributed by atoms with E-state index < -0.39 is 58.2 Å². The van der Waals surface area contributed by atoms with Crippen LogP contribution in [0.25, 0.3) is 10.4 Å². The van der Waals surface area contributed by atoms with Gasteiger partial charge in [0.2, 0.25) is 27.7 Å². The number of halogens is 1. The highest BCUT2D eigenvalue weighted by Crippen LogP contribution is 2.46. The summed E-state index contributed by atoms with van der Waals surface area (Å²) < 4.78 is 35.4. The maximum Gasteiger partial charge on any atom is 0.349 e. The Kier molecular flexibility index (Phi) is 15.4. The maximum absolute atomic E-state index is 13.5. The number of thiophene rings is 1. The van der Waals surface area contributed by atoms with Gasteiger partial charge in [-0.25, -0.2) is 22.3 Å². The summed E-state index contributed by atoms with van der Waals surface area (Å²) in [6.07, 6.45) is 5.18. The number of sulfonamides is 1. The minimum atomic E-state index is -3.69. The number of benzene rings is 3. The highest BCUT2D eigenvalue weighted by atomic mass is 35.5. The molecule has 5 amide bonds. The van der Waals surface area contributed by atoms with Crippen LogP contribution in [0.2, 0.25) is 5.02 Å². The summed E-state index contributed by atoms with van der Waals surface area (Å²) in [7, 11) is -3.69. The molecule has 1 atom stereocenters. The Morgan fingerprint density at radius 2 is 1.68 bits per heavy atom. The second-order valence-electron chi connectivity index (χ2n) is 17.1. The predicted molar refractivity (Wildman–Crippen MR) is 260 cm³/mol. The molecule has 5 heterocycles. The zero-order valence-electron chi connectivity index (χ0n) is 37.9. The number of imide groups is 2. The number of carbonyl (C=O) groups is 7. The van der Waals surface area contributed by atoms with Gasteiger partial charge >= 0.3 is 11.9 Å². The quantitative estimate of drug-likeness (QED) is 0.0394. The Morgan fingerprint density at radius 1 is 0.915 bits per heavy atom. The molecule has 6 N–H and O–H groups in total. The molecule has 1 unspecified atom stereocenters. The largest absolute Gasteiger partial charge is 0.479 e. The number of piperidine rings is 2. The van der Waals surface area contributed by atoms with Crippen LogP contribution in [-0.4, -0.2) is 116 Å². The van der Waals surface area contributed by atoms with Gasteiger partial charge in [0.15, 0.2) is 17.2 Å². The number of nitrogens with zero attached hydrogens (tertiary/aromatic N) is 5. The van der Waals surface area contributed by atoms with Gasteiger partial charge in [0, 0.05) is 55.6 Å². The summed E-state index contributed by atoms with van der Waals surface area (Å²) in [5.74, 6) is -5.57. The van der Waals surface area contributed by atoms with Gasteiger partial charge in [-0.2, -0.15) is 0 Å². The highest BCUT2D eigenvalue weighted by Gasteiger charge is 2.45. The third-order valence-corrected chi connectivity index (χ3v) is 15.6. The Labute approximate surface area is 415 Å². The zero-order chi connectivity index (χ0) is 50.4. The van der Waals surface area contributed by atoms with E-state index in [0.717, 1.165) is 22.7 Å². The summed E-state index contributed by atoms with van der Waals surface area (Å²) in [5, 5.41) is 38.7. The average Bonchev–Trinajstić information content (AvgIpc) is 4.01. The summed E-state index contributed by atoms with van der Waals surface area (Å²) in [6, 6.07) is 17.6. The summed E-state index contributed by atoms with van der Waals surface area (Å²) >= 11 is 7.35. The number of nitrogens with one attached hydrogen (secondary N) is 4. The molecule has 5 aromatic rings. The molecule has 0 spiro atoms. The summed E-state index contributed by atoms with van der Waals surface area (Å²) in [4.78, 5) is 87.5. The van der Waals surface area contributed by atoms with Gasteiger partial charge in [-0.1, -0.05) is 53.6 Å². The average molecular weight is 1030 g/mol. The normalized spacial score (nSPS) is 16.4. The smallest absolute Gasteiger partial charge is 0.349 e. The number of hydrogen-bond acceptors (Lipinski definition) is 15. The summed E-state index contributed by atoms with van der Waals surface area (Å²) in [5.41, 5.74) is 3.63. The molecule has 3 aliphatic rings. The van der Waals surface area contributed by atoms with Crippen LogP contribution in [0.15, 0.2) is 72.9 Å². The Bertz CT molecular complexity index is 3020. The van der Waals surface area contributed by atoms with Crippen LogP contribution in [0, 0.1) is 0 Å². The number of hydrogen-bond donors (Lipinski definition) is 6. The van der Waals surface area contributed by atoms with Crippen molar-refractivity contribution >= 4 is 91.5 Å². The van der Waals surface area contributed by atoms with Gasteiger partial charge in [0.25, 0.3) is 11.8 Å². The number of carboxylic acids is 2. The fraction of sp³-hybridized carbons (Fsp3) is 0.340. The first-order valence-electron chi connectivity index (χ1n) is 22.7. The number of unbranched alkanes of at least 4 members (excludes halogenated alkanes) is 2. The zero-order valence-corrected chi connectivity index (χ0v) is 40.3. The molecule has 0 saturated carbocycles. The van der Waals surface area contributed by atoms with Crippen LogP contribution in [0.4, 0.5) is 17.1 Å². The van der Waals surface area contributed by atoms with Gasteiger partial charge in [0.1, 0.15) is 16.8 Å². The fourth-order valence-electron chi connectivity index (χ4n) is 8.63. The molecule has 21 nitrogen and oxygen atoms in total. The first-order chi connectivity index (χ1) is 34.0. The van der Waals surface area contributed by atoms with Gasteiger partial charge in [-0.3, -0.25) is 38.9 Å². The second kappa shape index (κ2) is 21.8. The van der Waals surface area contributed by atoms with E-state index >= 15 is 0 Å². The van der Waals surface area contributed by atoms with Gasteiger partial charge in [0.05, 0.1) is 34.5 Å². The number of aromatic nitrogens is 3. The monoisotopic (exact) mass is 1030 g/mol. The van der Waals surface area contributed by atoms with Crippen molar-refractivity contribution in [2.24, 2.45) is 0 Å². The molecule has 0 aliphatic carbocycles. The lowest BCUT2D eigenvalue weighted by Crippen LogP contribution is -2.54. The van der Waals surface area contributed by atoms with E-state index in [2.05, 4.69) is 31.6 Å². The van der Waals surface area contributed by atoms with Crippen LogP contribution < -0.4 is 26.0 Å². The Balaban J connectivity index is 0.747. The minimum Gasteiger partial charge on any atom is -0.479 e. The third-order valence-electron chi connectivity index (χ3n) is 12.1. The minimum absolute atomic E-state index is 0.00415. The van der Waals surface area contributed by atoms with E-state index in [-0.39, 0.29) is 83.4 Å². The molecule has 24 heteroatoms. The van der Waals surface area contributed by atoms with E-state index in [4.69, 9.17) is 21.4 Å². The van der Waals surface area contributed by atoms with Crippen molar-refractivity contribution in [1.82, 2.24) is 29.5 Å². The summed E-state index contributed by atoms with van der Waals surface area (Å²) in [6.45, 7) is 0.564. The number of aliphatic carboxylic acids is 1. The molecule has 0 bridgehead atoms. The number of carbonyl (C=O) groups excluding carboxylic acids is 5. The number of anilines is 3. The Hall–Kier alpha value is -7.21. The molecule has 2 fully saturated rings. The number of fused-ring (bicyclic) bond motifs is 1. The highest BCUT2D eigenvalue weighted by molar-refractivity contribution is 7.88. The molecule has 3 aromatic carbocycles. The maximum atomic E-state index is 13.5. The molecule has 71 heavy (non-hydrogen) atoms. The van der Waals surface area contributed by atoms with Gasteiger partial charge in [-0.15, -0.1) is 16.4 Å². The van der Waals surface area contributed by atoms with Crippen molar-refractivity contribution in [3.63, 3.8) is 0 Å². The molecule has 2 saturated heterocycles. The van der Waals surface area contributed by atoms with Crippen LogP contribution >= 0.6 is 22.9 Å². The number of ether oxygens (including phenoxy) is 1. The molecule has 3 aliphatic heterocycles. The third kappa shape index (κ3) is 11.9. The van der Waals surface area contributed by atoms with Crippen molar-refractivity contribution in [2.75, 3.05) is 35.6 Å². The van der Waals surface area contributed by atoms with Crippen molar-refractivity contribution in [3.05, 3.63) is 105 Å². The molecular formula is C47H48ClN9O12S2.